The Morgan fingerprint density at radius 1 is 1.10 bits per heavy atom. The smallest absolute Gasteiger partial charge is 0.270 e. The van der Waals surface area contributed by atoms with Crippen molar-refractivity contribution >= 4 is 16.9 Å². The Morgan fingerprint density at radius 3 is 2.61 bits per heavy atom. The molecule has 150 valence electrons. The topological polar surface area (TPSA) is 139 Å². The number of nitrogens with one attached hydrogen (secondary N) is 2. The van der Waals surface area contributed by atoms with E-state index in [2.05, 4.69) is 15.4 Å². The number of rotatable bonds is 4. The van der Waals surface area contributed by atoms with E-state index in [0.29, 0.717) is 22.6 Å². The Bertz CT molecular complexity index is 1470. The average molecular weight is 409 g/mol. The van der Waals surface area contributed by atoms with Crippen LogP contribution in [0.5, 0.6) is 0 Å². The van der Waals surface area contributed by atoms with Crippen LogP contribution < -0.4 is 16.8 Å². The molecule has 0 aliphatic carbocycles. The summed E-state index contributed by atoms with van der Waals surface area (Å²) >= 11 is 0. The molecule has 0 atom stereocenters. The largest absolute Gasteiger partial charge is 0.454 e. The lowest BCUT2D eigenvalue weighted by Crippen LogP contribution is -2.20. The van der Waals surface area contributed by atoms with Crippen molar-refractivity contribution in [2.75, 3.05) is 5.43 Å². The van der Waals surface area contributed by atoms with Gasteiger partial charge < -0.3 is 4.42 Å². The molecule has 0 bridgehead atoms. The van der Waals surface area contributed by atoms with Crippen LogP contribution in [-0.4, -0.2) is 19.7 Å². The summed E-state index contributed by atoms with van der Waals surface area (Å²) < 4.78 is 7.66. The van der Waals surface area contributed by atoms with Crippen LogP contribution in [0.2, 0.25) is 0 Å². The number of H-pyrrole nitrogens is 1. The molecule has 0 spiro atoms. The SMILES string of the molecule is N#Cc1c(-c2cn(-c3ccccc3)nc2-c2cc3ccccc3o2)nc(NN)[nH]c1=O. The lowest BCUT2D eigenvalue weighted by Gasteiger charge is -2.05. The van der Waals surface area contributed by atoms with E-state index in [0.717, 1.165) is 11.1 Å². The third kappa shape index (κ3) is 3.13. The molecule has 0 radical (unpaired) electrons. The first-order valence-corrected chi connectivity index (χ1v) is 9.33. The summed E-state index contributed by atoms with van der Waals surface area (Å²) in [6, 6.07) is 20.8. The average Bonchev–Trinajstić information content (AvgIpc) is 3.43. The fourth-order valence-corrected chi connectivity index (χ4v) is 3.38. The highest BCUT2D eigenvalue weighted by Crippen LogP contribution is 2.35. The number of para-hydroxylation sites is 2. The van der Waals surface area contributed by atoms with Gasteiger partial charge in [-0.1, -0.05) is 36.4 Å². The van der Waals surface area contributed by atoms with E-state index in [1.54, 1.807) is 10.9 Å². The lowest BCUT2D eigenvalue weighted by atomic mass is 10.1. The Hall–Kier alpha value is -4.68. The van der Waals surface area contributed by atoms with Gasteiger partial charge in [-0.3, -0.25) is 15.2 Å². The highest BCUT2D eigenvalue weighted by molar-refractivity contribution is 5.87. The summed E-state index contributed by atoms with van der Waals surface area (Å²) in [4.78, 5) is 19.2. The first kappa shape index (κ1) is 18.4. The lowest BCUT2D eigenvalue weighted by molar-refractivity contribution is 0.627. The highest BCUT2D eigenvalue weighted by atomic mass is 16.3. The monoisotopic (exact) mass is 409 g/mol. The molecule has 31 heavy (non-hydrogen) atoms. The number of hydrazine groups is 1. The Morgan fingerprint density at radius 2 is 1.87 bits per heavy atom. The van der Waals surface area contributed by atoms with Crippen LogP contribution in [0.3, 0.4) is 0 Å². The highest BCUT2D eigenvalue weighted by Gasteiger charge is 2.23. The van der Waals surface area contributed by atoms with E-state index in [9.17, 15) is 10.1 Å². The molecule has 9 heteroatoms. The van der Waals surface area contributed by atoms with Gasteiger partial charge in [-0.05, 0) is 24.3 Å². The molecule has 3 aromatic heterocycles. The fraction of sp³-hybridized carbons (Fsp3) is 0. The number of benzene rings is 2. The number of nitriles is 1. The molecular weight excluding hydrogens is 394 g/mol. The second-order valence-corrected chi connectivity index (χ2v) is 6.71. The van der Waals surface area contributed by atoms with Crippen LogP contribution in [0.25, 0.3) is 39.4 Å². The van der Waals surface area contributed by atoms with Gasteiger partial charge in [-0.15, -0.1) is 0 Å². The summed E-state index contributed by atoms with van der Waals surface area (Å²) in [7, 11) is 0. The zero-order valence-corrected chi connectivity index (χ0v) is 16.0. The Balaban J connectivity index is 1.81. The van der Waals surface area contributed by atoms with Gasteiger partial charge in [0.15, 0.2) is 5.76 Å². The summed E-state index contributed by atoms with van der Waals surface area (Å²) in [5, 5.41) is 15.2. The zero-order chi connectivity index (χ0) is 21.4. The van der Waals surface area contributed by atoms with Crippen molar-refractivity contribution in [1.29, 1.82) is 5.26 Å². The quantitative estimate of drug-likeness (QED) is 0.306. The van der Waals surface area contributed by atoms with Gasteiger partial charge in [0.05, 0.1) is 11.3 Å². The van der Waals surface area contributed by atoms with Crippen LogP contribution in [0, 0.1) is 11.3 Å². The standard InChI is InChI=1S/C22H15N7O2/c23-11-15-19(25-22(27-24)26-21(15)30)16-12-29(14-7-2-1-3-8-14)28-20(16)18-10-13-6-4-5-9-17(13)31-18/h1-10,12H,24H2,(H2,25,26,27,30). The van der Waals surface area contributed by atoms with Gasteiger partial charge in [-0.2, -0.15) is 10.4 Å². The number of aromatic amines is 1. The predicted molar refractivity (Wildman–Crippen MR) is 115 cm³/mol. The number of furan rings is 1. The number of hydrogen-bond acceptors (Lipinski definition) is 7. The van der Waals surface area contributed by atoms with Gasteiger partial charge >= 0.3 is 0 Å². The molecule has 9 nitrogen and oxygen atoms in total. The molecular formula is C22H15N7O2. The van der Waals surface area contributed by atoms with Crippen molar-refractivity contribution in [2.24, 2.45) is 5.84 Å². The minimum atomic E-state index is -0.608. The molecule has 2 aromatic carbocycles. The molecule has 3 heterocycles. The van der Waals surface area contributed by atoms with Crippen LogP contribution in [0.15, 0.2) is 76.1 Å². The molecule has 5 rings (SSSR count). The minimum absolute atomic E-state index is 0.0296. The number of anilines is 1. The normalized spacial score (nSPS) is 10.8. The maximum Gasteiger partial charge on any atom is 0.270 e. The molecule has 0 aliphatic rings. The van der Waals surface area contributed by atoms with Crippen molar-refractivity contribution in [1.82, 2.24) is 19.7 Å². The molecule has 0 aliphatic heterocycles. The molecule has 0 saturated heterocycles. The van der Waals surface area contributed by atoms with Crippen molar-refractivity contribution < 1.29 is 4.42 Å². The summed E-state index contributed by atoms with van der Waals surface area (Å²) in [5.74, 6) is 5.96. The van der Waals surface area contributed by atoms with Gasteiger partial charge in [0.25, 0.3) is 5.56 Å². The fourth-order valence-electron chi connectivity index (χ4n) is 3.38. The number of nitrogens with two attached hydrogens (primary N) is 1. The van der Waals surface area contributed by atoms with Gasteiger partial charge in [0, 0.05) is 11.6 Å². The first-order valence-electron chi connectivity index (χ1n) is 9.33. The van der Waals surface area contributed by atoms with Crippen molar-refractivity contribution in [3.05, 3.63) is 82.8 Å². The number of fused-ring (bicyclic) bond motifs is 1. The number of nitrogen functional groups attached to an aromatic ring is 1. The molecule has 5 aromatic rings. The van der Waals surface area contributed by atoms with E-state index in [1.807, 2.05) is 66.7 Å². The third-order valence-electron chi connectivity index (χ3n) is 4.82. The van der Waals surface area contributed by atoms with Crippen LogP contribution in [0.1, 0.15) is 5.56 Å². The molecule has 0 unspecified atom stereocenters. The third-order valence-corrected chi connectivity index (χ3v) is 4.82. The number of nitrogens with zero attached hydrogens (tertiary/aromatic N) is 4. The van der Waals surface area contributed by atoms with Crippen molar-refractivity contribution in [2.45, 2.75) is 0 Å². The van der Waals surface area contributed by atoms with Gasteiger partial charge in [0.1, 0.15) is 28.6 Å². The van der Waals surface area contributed by atoms with E-state index < -0.39 is 5.56 Å². The zero-order valence-electron chi connectivity index (χ0n) is 16.0. The molecule has 0 saturated carbocycles. The Labute approximate surface area is 175 Å². The van der Waals surface area contributed by atoms with E-state index in [1.165, 1.54) is 0 Å². The maximum absolute atomic E-state index is 12.4. The van der Waals surface area contributed by atoms with Crippen LogP contribution in [0.4, 0.5) is 5.95 Å². The predicted octanol–water partition coefficient (Wildman–Crippen LogP) is 3.19. The van der Waals surface area contributed by atoms with E-state index in [4.69, 9.17) is 15.4 Å². The minimum Gasteiger partial charge on any atom is -0.454 e. The van der Waals surface area contributed by atoms with Gasteiger partial charge in [0.2, 0.25) is 5.95 Å². The maximum atomic E-state index is 12.4. The molecule has 0 fully saturated rings. The van der Waals surface area contributed by atoms with Gasteiger partial charge in [-0.25, -0.2) is 15.5 Å². The van der Waals surface area contributed by atoms with Crippen LogP contribution in [-0.2, 0) is 0 Å². The number of hydrogen-bond donors (Lipinski definition) is 3. The van der Waals surface area contributed by atoms with E-state index in [-0.39, 0.29) is 17.2 Å². The van der Waals surface area contributed by atoms with Crippen molar-refractivity contribution in [3.8, 4) is 34.5 Å². The molecule has 4 N–H and O–H groups in total. The second kappa shape index (κ2) is 7.29. The van der Waals surface area contributed by atoms with Crippen molar-refractivity contribution in [3.63, 3.8) is 0 Å². The first-order chi connectivity index (χ1) is 15.2. The Kier molecular flexibility index (Phi) is 4.32. The number of aromatic nitrogens is 4. The molecule has 0 amide bonds. The summed E-state index contributed by atoms with van der Waals surface area (Å²) in [6.07, 6.45) is 1.71. The van der Waals surface area contributed by atoms with E-state index >= 15 is 0 Å². The summed E-state index contributed by atoms with van der Waals surface area (Å²) in [5.41, 5.74) is 4.11. The summed E-state index contributed by atoms with van der Waals surface area (Å²) in [6.45, 7) is 0. The second-order valence-electron chi connectivity index (χ2n) is 6.71. The van der Waals surface area contributed by atoms with Crippen LogP contribution >= 0.6 is 0 Å².